The Morgan fingerprint density at radius 3 is 2.25 bits per heavy atom. The van der Waals surface area contributed by atoms with Gasteiger partial charge in [0.05, 0.1) is 0 Å². The van der Waals surface area contributed by atoms with E-state index in [1.165, 1.54) is 11.1 Å². The Morgan fingerprint density at radius 2 is 1.81 bits per heavy atom. The van der Waals surface area contributed by atoms with Gasteiger partial charge in [-0.2, -0.15) is 8.42 Å². The molecular formula is C9H16N2O4S. The van der Waals surface area contributed by atoms with Gasteiger partial charge in [-0.3, -0.25) is 20.4 Å². The number of benzene rings is 1. The fraction of sp³-hybridized carbons (Fsp3) is 0.333. The molecule has 1 aromatic rings. The molecule has 0 aliphatic heterocycles. The largest absolute Gasteiger partial charge is 0.394 e. The van der Waals surface area contributed by atoms with Crippen LogP contribution < -0.4 is 11.3 Å². The molecule has 0 unspecified atom stereocenters. The summed E-state index contributed by atoms with van der Waals surface area (Å²) in [6, 6.07) is 8.35. The van der Waals surface area contributed by atoms with Crippen molar-refractivity contribution < 1.29 is 17.5 Å². The molecule has 0 aliphatic rings. The number of aryl methyl sites for hydroxylation is 1. The minimum Gasteiger partial charge on any atom is -0.271 e. The maximum Gasteiger partial charge on any atom is 0.394 e. The lowest BCUT2D eigenvalue weighted by molar-refractivity contribution is 0.381. The molecule has 6 nitrogen and oxygen atoms in total. The van der Waals surface area contributed by atoms with Gasteiger partial charge in [-0.15, -0.1) is 0 Å². The van der Waals surface area contributed by atoms with Crippen molar-refractivity contribution in [1.29, 1.82) is 0 Å². The Bertz CT molecular complexity index is 398. The first-order valence-corrected chi connectivity index (χ1v) is 5.92. The van der Waals surface area contributed by atoms with Crippen molar-refractivity contribution in [3.63, 3.8) is 0 Å². The molecule has 0 aliphatic carbocycles. The van der Waals surface area contributed by atoms with Gasteiger partial charge in [0, 0.05) is 6.54 Å². The van der Waals surface area contributed by atoms with Crippen LogP contribution in [0.25, 0.3) is 0 Å². The highest BCUT2D eigenvalue weighted by Gasteiger charge is 1.94. The highest BCUT2D eigenvalue weighted by molar-refractivity contribution is 7.79. The van der Waals surface area contributed by atoms with Crippen LogP contribution in [0.4, 0.5) is 0 Å². The van der Waals surface area contributed by atoms with Gasteiger partial charge in [0.15, 0.2) is 0 Å². The summed E-state index contributed by atoms with van der Waals surface area (Å²) in [6.07, 6.45) is 1.00. The minimum absolute atomic E-state index is 0.838. The molecule has 0 amide bonds. The molecule has 1 rings (SSSR count). The first-order chi connectivity index (χ1) is 7.34. The van der Waals surface area contributed by atoms with Crippen LogP contribution in [0.2, 0.25) is 0 Å². The van der Waals surface area contributed by atoms with Crippen molar-refractivity contribution in [2.75, 3.05) is 6.54 Å². The first kappa shape index (κ1) is 15.0. The van der Waals surface area contributed by atoms with Crippen molar-refractivity contribution in [3.8, 4) is 0 Å². The molecule has 0 atom stereocenters. The van der Waals surface area contributed by atoms with Crippen LogP contribution in [0.15, 0.2) is 24.3 Å². The smallest absolute Gasteiger partial charge is 0.271 e. The van der Waals surface area contributed by atoms with Crippen LogP contribution in [0, 0.1) is 6.92 Å². The second-order valence-corrected chi connectivity index (χ2v) is 3.97. The van der Waals surface area contributed by atoms with E-state index in [4.69, 9.17) is 23.4 Å². The summed E-state index contributed by atoms with van der Waals surface area (Å²) >= 11 is 0. The Hall–Kier alpha value is -0.990. The van der Waals surface area contributed by atoms with Gasteiger partial charge in [-0.1, -0.05) is 24.3 Å². The van der Waals surface area contributed by atoms with Gasteiger partial charge in [-0.05, 0) is 24.5 Å². The topological polar surface area (TPSA) is 113 Å². The van der Waals surface area contributed by atoms with Crippen LogP contribution in [0.5, 0.6) is 0 Å². The molecule has 0 fully saturated rings. The highest BCUT2D eigenvalue weighted by Crippen LogP contribution is 2.06. The van der Waals surface area contributed by atoms with Crippen LogP contribution in [-0.2, 0) is 16.8 Å². The van der Waals surface area contributed by atoms with Crippen molar-refractivity contribution in [2.45, 2.75) is 13.3 Å². The second kappa shape index (κ2) is 7.31. The maximum atomic E-state index is 8.74. The lowest BCUT2D eigenvalue weighted by Gasteiger charge is -2.03. The summed E-state index contributed by atoms with van der Waals surface area (Å²) < 4.78 is 31.6. The highest BCUT2D eigenvalue weighted by atomic mass is 32.3. The maximum absolute atomic E-state index is 8.74. The zero-order valence-corrected chi connectivity index (χ0v) is 9.74. The number of hydrogen-bond acceptors (Lipinski definition) is 4. The van der Waals surface area contributed by atoms with Gasteiger partial charge in [0.25, 0.3) is 0 Å². The number of nitrogens with one attached hydrogen (secondary N) is 1. The number of hydrazine groups is 1. The standard InChI is InChI=1S/C9H14N2.H2O4S/c1-8-4-2-3-5-9(8)6-7-11-10;1-5(2,3)4/h2-5,11H,6-7,10H2,1H3;(H2,1,2,3,4). The molecule has 0 bridgehead atoms. The predicted molar refractivity (Wildman–Crippen MR) is 61.3 cm³/mol. The van der Waals surface area contributed by atoms with Crippen LogP contribution in [0.3, 0.4) is 0 Å². The number of hydrogen-bond donors (Lipinski definition) is 4. The Balaban J connectivity index is 0.000000385. The van der Waals surface area contributed by atoms with E-state index in [-0.39, 0.29) is 0 Å². The van der Waals surface area contributed by atoms with E-state index in [0.29, 0.717) is 0 Å². The molecule has 7 heteroatoms. The van der Waals surface area contributed by atoms with Crippen molar-refractivity contribution in [3.05, 3.63) is 35.4 Å². The first-order valence-electron chi connectivity index (χ1n) is 4.52. The molecule has 0 saturated carbocycles. The fourth-order valence-corrected chi connectivity index (χ4v) is 1.10. The van der Waals surface area contributed by atoms with E-state index in [9.17, 15) is 0 Å². The van der Waals surface area contributed by atoms with E-state index < -0.39 is 10.4 Å². The summed E-state index contributed by atoms with van der Waals surface area (Å²) in [7, 11) is -4.67. The normalized spacial score (nSPS) is 10.5. The van der Waals surface area contributed by atoms with Gasteiger partial charge < -0.3 is 0 Å². The number of nitrogens with two attached hydrogens (primary N) is 1. The van der Waals surface area contributed by atoms with Crippen LogP contribution in [-0.4, -0.2) is 24.1 Å². The average molecular weight is 248 g/mol. The van der Waals surface area contributed by atoms with Crippen LogP contribution in [0.1, 0.15) is 11.1 Å². The molecular weight excluding hydrogens is 232 g/mol. The van der Waals surface area contributed by atoms with Gasteiger partial charge in [-0.25, -0.2) is 0 Å². The molecule has 92 valence electrons. The summed E-state index contributed by atoms with van der Waals surface area (Å²) in [5.74, 6) is 5.18. The van der Waals surface area contributed by atoms with E-state index in [2.05, 4.69) is 36.6 Å². The Kier molecular flexibility index (Phi) is 6.86. The molecule has 0 saturated heterocycles. The molecule has 0 aromatic heterocycles. The summed E-state index contributed by atoms with van der Waals surface area (Å²) in [5, 5.41) is 0. The predicted octanol–water partition coefficient (Wildman–Crippen LogP) is 0.348. The van der Waals surface area contributed by atoms with Crippen molar-refractivity contribution >= 4 is 10.4 Å². The van der Waals surface area contributed by atoms with E-state index in [1.807, 2.05) is 0 Å². The quantitative estimate of drug-likeness (QED) is 0.349. The van der Waals surface area contributed by atoms with E-state index in [0.717, 1.165) is 13.0 Å². The molecule has 0 spiro atoms. The summed E-state index contributed by atoms with van der Waals surface area (Å²) in [4.78, 5) is 0. The van der Waals surface area contributed by atoms with Crippen LogP contribution >= 0.6 is 0 Å². The second-order valence-electron chi connectivity index (χ2n) is 3.08. The third-order valence-corrected chi connectivity index (χ3v) is 1.80. The monoisotopic (exact) mass is 248 g/mol. The average Bonchev–Trinajstić information content (AvgIpc) is 2.14. The zero-order chi connectivity index (χ0) is 12.6. The minimum atomic E-state index is -4.67. The van der Waals surface area contributed by atoms with Crippen molar-refractivity contribution in [1.82, 2.24) is 5.43 Å². The molecule has 0 heterocycles. The van der Waals surface area contributed by atoms with Gasteiger partial charge in [0.1, 0.15) is 0 Å². The van der Waals surface area contributed by atoms with E-state index >= 15 is 0 Å². The summed E-state index contributed by atoms with van der Waals surface area (Å²) in [6.45, 7) is 2.96. The molecule has 1 aromatic carbocycles. The molecule has 5 N–H and O–H groups in total. The molecule has 0 radical (unpaired) electrons. The third kappa shape index (κ3) is 9.56. The SMILES string of the molecule is Cc1ccccc1CCNN.O=S(=O)(O)O. The van der Waals surface area contributed by atoms with Crippen molar-refractivity contribution in [2.24, 2.45) is 5.84 Å². The lowest BCUT2D eigenvalue weighted by atomic mass is 10.1. The third-order valence-electron chi connectivity index (χ3n) is 1.80. The Labute approximate surface area is 95.0 Å². The zero-order valence-electron chi connectivity index (χ0n) is 8.92. The number of rotatable bonds is 3. The van der Waals surface area contributed by atoms with E-state index in [1.54, 1.807) is 0 Å². The lowest BCUT2D eigenvalue weighted by Crippen LogP contribution is -2.24. The summed E-state index contributed by atoms with van der Waals surface area (Å²) in [5.41, 5.74) is 5.35. The van der Waals surface area contributed by atoms with Gasteiger partial charge >= 0.3 is 10.4 Å². The fourth-order valence-electron chi connectivity index (χ4n) is 1.10. The molecule has 16 heavy (non-hydrogen) atoms. The Morgan fingerprint density at radius 1 is 1.31 bits per heavy atom. The van der Waals surface area contributed by atoms with Gasteiger partial charge in [0.2, 0.25) is 0 Å².